The molecule has 2 amide bonds. The molecule has 3 rings (SSSR count). The fraction of sp³-hybridized carbons (Fsp3) is 0.688. The molecule has 1 saturated heterocycles. The van der Waals surface area contributed by atoms with Crippen LogP contribution in [0, 0.1) is 0 Å². The number of ether oxygens (including phenoxy) is 2. The molecule has 1 N–H and O–H groups in total. The Hall–Kier alpha value is -2.25. The highest BCUT2D eigenvalue weighted by molar-refractivity contribution is 5.92. The number of hydrogen-bond acceptors (Lipinski definition) is 5. The molecule has 0 aromatic carbocycles. The van der Waals surface area contributed by atoms with Crippen LogP contribution >= 0.6 is 0 Å². The van der Waals surface area contributed by atoms with Gasteiger partial charge in [-0.05, 0) is 33.6 Å². The summed E-state index contributed by atoms with van der Waals surface area (Å²) in [5.74, 6) is 0.566. The molecule has 0 atom stereocenters. The summed E-state index contributed by atoms with van der Waals surface area (Å²) in [5.41, 5.74) is -0.0899. The molecule has 2 aliphatic heterocycles. The zero-order chi connectivity index (χ0) is 17.3. The fourth-order valence-corrected chi connectivity index (χ4v) is 2.88. The predicted molar refractivity (Wildman–Crippen MR) is 86.0 cm³/mol. The van der Waals surface area contributed by atoms with Gasteiger partial charge in [-0.1, -0.05) is 0 Å². The number of hydrogen-bond donors (Lipinski definition) is 1. The Morgan fingerprint density at radius 1 is 1.29 bits per heavy atom. The highest BCUT2D eigenvalue weighted by Crippen LogP contribution is 2.21. The fourth-order valence-electron chi connectivity index (χ4n) is 2.88. The molecular weight excluding hydrogens is 312 g/mol. The molecule has 8 heteroatoms. The van der Waals surface area contributed by atoms with Crippen LogP contribution in [0.3, 0.4) is 0 Å². The summed E-state index contributed by atoms with van der Waals surface area (Å²) in [6.07, 6.45) is 0.999. The minimum atomic E-state index is -0.510. The lowest BCUT2D eigenvalue weighted by atomic mass is 10.0. The summed E-state index contributed by atoms with van der Waals surface area (Å²) in [7, 11) is 0. The molecule has 132 valence electrons. The summed E-state index contributed by atoms with van der Waals surface area (Å²) in [6, 6.07) is 1.72. The molecule has 1 fully saturated rings. The third-order valence-electron chi connectivity index (χ3n) is 4.02. The second kappa shape index (κ2) is 6.33. The van der Waals surface area contributed by atoms with E-state index in [4.69, 9.17) is 9.47 Å². The van der Waals surface area contributed by atoms with E-state index in [1.165, 1.54) is 0 Å². The van der Waals surface area contributed by atoms with Crippen molar-refractivity contribution in [2.24, 2.45) is 0 Å². The number of carbonyl (C=O) groups excluding carboxylic acids is 2. The van der Waals surface area contributed by atoms with Crippen LogP contribution in [-0.2, 0) is 11.3 Å². The van der Waals surface area contributed by atoms with Gasteiger partial charge in [0.15, 0.2) is 5.69 Å². The van der Waals surface area contributed by atoms with Gasteiger partial charge in [0.05, 0.1) is 6.54 Å². The van der Waals surface area contributed by atoms with Crippen molar-refractivity contribution in [3.8, 4) is 5.88 Å². The lowest BCUT2D eigenvalue weighted by molar-refractivity contribution is 0.0473. The van der Waals surface area contributed by atoms with Gasteiger partial charge in [0, 0.05) is 25.2 Å². The molecule has 2 aliphatic rings. The average Bonchev–Trinajstić information content (AvgIpc) is 3.06. The molecular formula is C16H24N4O4. The van der Waals surface area contributed by atoms with E-state index in [0.29, 0.717) is 50.7 Å². The summed E-state index contributed by atoms with van der Waals surface area (Å²) >= 11 is 0. The van der Waals surface area contributed by atoms with Crippen molar-refractivity contribution in [1.82, 2.24) is 20.0 Å². The first kappa shape index (κ1) is 16.6. The monoisotopic (exact) mass is 336 g/mol. The van der Waals surface area contributed by atoms with Crippen molar-refractivity contribution >= 4 is 12.0 Å². The van der Waals surface area contributed by atoms with Crippen LogP contribution in [0.5, 0.6) is 5.88 Å². The summed E-state index contributed by atoms with van der Waals surface area (Å²) in [5, 5.41) is 7.15. The molecule has 0 unspecified atom stereocenters. The minimum absolute atomic E-state index is 0.0271. The smallest absolute Gasteiger partial charge is 0.407 e. The van der Waals surface area contributed by atoms with E-state index in [1.54, 1.807) is 15.6 Å². The molecule has 8 nitrogen and oxygen atoms in total. The molecule has 1 aromatic heterocycles. The number of rotatable bonds is 2. The normalized spacial score (nSPS) is 18.0. The topological polar surface area (TPSA) is 85.7 Å². The van der Waals surface area contributed by atoms with Crippen molar-refractivity contribution in [2.75, 3.05) is 19.7 Å². The molecule has 0 spiro atoms. The van der Waals surface area contributed by atoms with Crippen molar-refractivity contribution in [3.05, 3.63) is 11.8 Å². The molecule has 0 aliphatic carbocycles. The highest BCUT2D eigenvalue weighted by Gasteiger charge is 2.28. The lowest BCUT2D eigenvalue weighted by Crippen LogP contribution is -2.47. The van der Waals surface area contributed by atoms with Crippen molar-refractivity contribution in [1.29, 1.82) is 0 Å². The zero-order valence-electron chi connectivity index (χ0n) is 14.4. The van der Waals surface area contributed by atoms with Crippen LogP contribution in [0.4, 0.5) is 4.79 Å². The van der Waals surface area contributed by atoms with E-state index < -0.39 is 11.7 Å². The number of nitrogens with zero attached hydrogens (tertiary/aromatic N) is 3. The number of fused-ring (bicyclic) bond motifs is 1. The Labute approximate surface area is 141 Å². The van der Waals surface area contributed by atoms with Crippen molar-refractivity contribution in [2.45, 2.75) is 51.8 Å². The van der Waals surface area contributed by atoms with Gasteiger partial charge in [-0.25, -0.2) is 9.48 Å². The van der Waals surface area contributed by atoms with Crippen molar-refractivity contribution < 1.29 is 19.1 Å². The summed E-state index contributed by atoms with van der Waals surface area (Å²) in [4.78, 5) is 26.1. The van der Waals surface area contributed by atoms with Gasteiger partial charge in [0.25, 0.3) is 5.91 Å². The second-order valence-corrected chi connectivity index (χ2v) is 7.15. The first-order chi connectivity index (χ1) is 11.3. The van der Waals surface area contributed by atoms with Gasteiger partial charge < -0.3 is 19.7 Å². The maximum absolute atomic E-state index is 12.5. The number of piperidine rings is 1. The Morgan fingerprint density at radius 2 is 2.00 bits per heavy atom. The van der Waals surface area contributed by atoms with Crippen LogP contribution in [0.2, 0.25) is 0 Å². The first-order valence-electron chi connectivity index (χ1n) is 8.31. The van der Waals surface area contributed by atoms with E-state index in [-0.39, 0.29) is 11.9 Å². The molecule has 24 heavy (non-hydrogen) atoms. The molecule has 3 heterocycles. The molecule has 0 radical (unpaired) electrons. The Bertz CT molecular complexity index is 605. The summed E-state index contributed by atoms with van der Waals surface area (Å²) in [6.45, 7) is 7.97. The van der Waals surface area contributed by atoms with Crippen LogP contribution in [0.25, 0.3) is 0 Å². The summed E-state index contributed by atoms with van der Waals surface area (Å²) < 4.78 is 12.4. The zero-order valence-corrected chi connectivity index (χ0v) is 14.4. The molecule has 0 bridgehead atoms. The Morgan fingerprint density at radius 3 is 2.62 bits per heavy atom. The number of aromatic nitrogens is 2. The highest BCUT2D eigenvalue weighted by atomic mass is 16.6. The number of alkyl carbamates (subject to hydrolysis) is 1. The molecule has 1 aromatic rings. The van der Waals surface area contributed by atoms with E-state index in [1.807, 2.05) is 20.8 Å². The SMILES string of the molecule is CC(C)(C)OC(=O)NC1CCN(C(=O)c2cc3n(n2)CCO3)CC1. The van der Waals surface area contributed by atoms with Gasteiger partial charge in [-0.2, -0.15) is 5.10 Å². The van der Waals surface area contributed by atoms with Gasteiger partial charge in [-0.15, -0.1) is 0 Å². The van der Waals surface area contributed by atoms with Gasteiger partial charge in [0.2, 0.25) is 5.88 Å². The van der Waals surface area contributed by atoms with E-state index in [0.717, 1.165) is 0 Å². The van der Waals surface area contributed by atoms with Crippen LogP contribution < -0.4 is 10.1 Å². The van der Waals surface area contributed by atoms with Gasteiger partial charge in [-0.3, -0.25) is 4.79 Å². The Kier molecular flexibility index (Phi) is 4.38. The van der Waals surface area contributed by atoms with E-state index >= 15 is 0 Å². The largest absolute Gasteiger partial charge is 0.476 e. The van der Waals surface area contributed by atoms with Crippen molar-refractivity contribution in [3.63, 3.8) is 0 Å². The Balaban J connectivity index is 1.49. The number of nitrogens with one attached hydrogen (secondary N) is 1. The van der Waals surface area contributed by atoms with E-state index in [2.05, 4.69) is 10.4 Å². The maximum Gasteiger partial charge on any atom is 0.407 e. The second-order valence-electron chi connectivity index (χ2n) is 7.15. The van der Waals surface area contributed by atoms with Gasteiger partial charge >= 0.3 is 6.09 Å². The minimum Gasteiger partial charge on any atom is -0.476 e. The maximum atomic E-state index is 12.5. The first-order valence-corrected chi connectivity index (χ1v) is 8.31. The van der Waals surface area contributed by atoms with E-state index in [9.17, 15) is 9.59 Å². The van der Waals surface area contributed by atoms with Crippen LogP contribution in [0.1, 0.15) is 44.1 Å². The van der Waals surface area contributed by atoms with Crippen LogP contribution in [-0.4, -0.2) is 58.0 Å². The molecule has 0 saturated carbocycles. The number of likely N-dealkylation sites (tertiary alicyclic amines) is 1. The quantitative estimate of drug-likeness (QED) is 0.882. The standard InChI is InChI=1S/C16H24N4O4/c1-16(2,3)24-15(22)17-11-4-6-19(7-5-11)14(21)12-10-13-20(18-12)8-9-23-13/h10-11H,4-9H2,1-3H3,(H,17,22). The number of amides is 2. The third-order valence-corrected chi connectivity index (χ3v) is 4.02. The van der Waals surface area contributed by atoms with Gasteiger partial charge in [0.1, 0.15) is 12.2 Å². The predicted octanol–water partition coefficient (Wildman–Crippen LogP) is 1.40. The lowest BCUT2D eigenvalue weighted by Gasteiger charge is -2.32. The number of carbonyl (C=O) groups is 2. The average molecular weight is 336 g/mol. The van der Waals surface area contributed by atoms with Crippen LogP contribution in [0.15, 0.2) is 6.07 Å². The third kappa shape index (κ3) is 3.80.